The highest BCUT2D eigenvalue weighted by atomic mass is 16.5. The molecule has 1 amide bonds. The Morgan fingerprint density at radius 2 is 2.12 bits per heavy atom. The number of carbonyl (C=O) groups excluding carboxylic acids is 1. The molecule has 7 heteroatoms. The number of hydrogen-bond acceptors (Lipinski definition) is 6. The molecule has 0 unspecified atom stereocenters. The van der Waals surface area contributed by atoms with Crippen LogP contribution >= 0.6 is 0 Å². The van der Waals surface area contributed by atoms with Crippen LogP contribution in [0, 0.1) is 5.41 Å². The van der Waals surface area contributed by atoms with E-state index in [1.165, 1.54) is 6.33 Å². The van der Waals surface area contributed by atoms with Gasteiger partial charge in [0.05, 0.1) is 6.10 Å². The third kappa shape index (κ3) is 3.56. The van der Waals surface area contributed by atoms with Crippen molar-refractivity contribution in [3.63, 3.8) is 0 Å². The van der Waals surface area contributed by atoms with Crippen LogP contribution in [0.5, 0.6) is 0 Å². The minimum Gasteiger partial charge on any atom is -0.384 e. The lowest BCUT2D eigenvalue weighted by Crippen LogP contribution is -2.53. The summed E-state index contributed by atoms with van der Waals surface area (Å²) in [5, 5.41) is 0. The SMILES string of the molecule is Nc1cc(N2CCC3(CCC(=O)N(C[C@@H]4CCCO4)C3)CC2)ncn1. The van der Waals surface area contributed by atoms with Gasteiger partial charge in [-0.3, -0.25) is 4.79 Å². The molecule has 3 aliphatic heterocycles. The molecule has 136 valence electrons. The molecular weight excluding hydrogens is 318 g/mol. The summed E-state index contributed by atoms with van der Waals surface area (Å²) in [6, 6.07) is 1.84. The van der Waals surface area contributed by atoms with E-state index in [0.717, 1.165) is 70.7 Å². The van der Waals surface area contributed by atoms with Gasteiger partial charge in [0.1, 0.15) is 18.0 Å². The van der Waals surface area contributed by atoms with Crippen molar-refractivity contribution < 1.29 is 9.53 Å². The fraction of sp³-hybridized carbons (Fsp3) is 0.722. The number of carbonyl (C=O) groups is 1. The minimum atomic E-state index is 0.239. The van der Waals surface area contributed by atoms with Crippen LogP contribution in [0.1, 0.15) is 38.5 Å². The van der Waals surface area contributed by atoms with Crippen LogP contribution in [0.4, 0.5) is 11.6 Å². The van der Waals surface area contributed by atoms with E-state index in [2.05, 4.69) is 19.8 Å². The van der Waals surface area contributed by atoms with Crippen LogP contribution in [-0.2, 0) is 9.53 Å². The predicted octanol–water partition coefficient (Wildman–Crippen LogP) is 1.45. The van der Waals surface area contributed by atoms with Crippen molar-refractivity contribution >= 4 is 17.5 Å². The largest absolute Gasteiger partial charge is 0.384 e. The Balaban J connectivity index is 1.38. The summed E-state index contributed by atoms with van der Waals surface area (Å²) in [5.74, 6) is 1.72. The Hall–Kier alpha value is -1.89. The molecule has 3 saturated heterocycles. The first kappa shape index (κ1) is 16.6. The average molecular weight is 345 g/mol. The Morgan fingerprint density at radius 3 is 2.84 bits per heavy atom. The molecule has 3 fully saturated rings. The van der Waals surface area contributed by atoms with Crippen LogP contribution in [-0.4, -0.2) is 59.7 Å². The van der Waals surface area contributed by atoms with Gasteiger partial charge in [0.15, 0.2) is 0 Å². The molecule has 1 atom stereocenters. The van der Waals surface area contributed by atoms with Crippen LogP contribution in [0.3, 0.4) is 0 Å². The molecule has 0 saturated carbocycles. The number of amides is 1. The number of rotatable bonds is 3. The Morgan fingerprint density at radius 1 is 1.28 bits per heavy atom. The molecule has 1 spiro atoms. The summed E-state index contributed by atoms with van der Waals surface area (Å²) < 4.78 is 5.74. The fourth-order valence-corrected chi connectivity index (χ4v) is 4.46. The van der Waals surface area contributed by atoms with Gasteiger partial charge in [-0.1, -0.05) is 0 Å². The van der Waals surface area contributed by atoms with Crippen LogP contribution in [0.25, 0.3) is 0 Å². The lowest BCUT2D eigenvalue weighted by molar-refractivity contribution is -0.140. The highest BCUT2D eigenvalue weighted by Gasteiger charge is 2.41. The number of anilines is 2. The minimum absolute atomic E-state index is 0.239. The van der Waals surface area contributed by atoms with E-state index >= 15 is 0 Å². The molecule has 4 rings (SSSR count). The molecule has 7 nitrogen and oxygen atoms in total. The molecule has 0 aliphatic carbocycles. The zero-order valence-corrected chi connectivity index (χ0v) is 14.7. The lowest BCUT2D eigenvalue weighted by Gasteiger charge is -2.48. The van der Waals surface area contributed by atoms with Gasteiger partial charge in [0.2, 0.25) is 5.91 Å². The number of nitrogens with two attached hydrogens (primary N) is 1. The van der Waals surface area contributed by atoms with Crippen molar-refractivity contribution in [2.24, 2.45) is 5.41 Å². The van der Waals surface area contributed by atoms with E-state index < -0.39 is 0 Å². The number of likely N-dealkylation sites (tertiary alicyclic amines) is 1. The first-order valence-electron chi connectivity index (χ1n) is 9.35. The normalized spacial score (nSPS) is 26.4. The van der Waals surface area contributed by atoms with E-state index in [0.29, 0.717) is 18.1 Å². The van der Waals surface area contributed by atoms with E-state index in [4.69, 9.17) is 10.5 Å². The number of ether oxygens (including phenoxy) is 1. The monoisotopic (exact) mass is 345 g/mol. The van der Waals surface area contributed by atoms with Gasteiger partial charge < -0.3 is 20.3 Å². The Kier molecular flexibility index (Phi) is 4.50. The van der Waals surface area contributed by atoms with Gasteiger partial charge in [0, 0.05) is 45.3 Å². The molecule has 0 aromatic carbocycles. The van der Waals surface area contributed by atoms with Crippen LogP contribution in [0.15, 0.2) is 12.4 Å². The third-order valence-electron chi connectivity index (χ3n) is 6.02. The topological polar surface area (TPSA) is 84.6 Å². The summed E-state index contributed by atoms with van der Waals surface area (Å²) >= 11 is 0. The van der Waals surface area contributed by atoms with Crippen LogP contribution in [0.2, 0.25) is 0 Å². The molecule has 2 N–H and O–H groups in total. The van der Waals surface area contributed by atoms with E-state index in [-0.39, 0.29) is 11.5 Å². The number of aromatic nitrogens is 2. The maximum Gasteiger partial charge on any atom is 0.222 e. The molecule has 4 heterocycles. The van der Waals surface area contributed by atoms with Crippen molar-refractivity contribution in [2.45, 2.75) is 44.6 Å². The molecular formula is C18H27N5O2. The molecule has 1 aromatic heterocycles. The number of nitrogens with zero attached hydrogens (tertiary/aromatic N) is 4. The predicted molar refractivity (Wildman–Crippen MR) is 95.1 cm³/mol. The number of nitrogen functional groups attached to an aromatic ring is 1. The summed E-state index contributed by atoms with van der Waals surface area (Å²) in [6.45, 7) is 4.41. The maximum absolute atomic E-state index is 12.4. The van der Waals surface area contributed by atoms with Crippen molar-refractivity contribution in [1.82, 2.24) is 14.9 Å². The van der Waals surface area contributed by atoms with Crippen molar-refractivity contribution in [1.29, 1.82) is 0 Å². The van der Waals surface area contributed by atoms with Gasteiger partial charge in [-0.15, -0.1) is 0 Å². The Labute approximate surface area is 148 Å². The van der Waals surface area contributed by atoms with Gasteiger partial charge in [-0.25, -0.2) is 9.97 Å². The number of piperidine rings is 2. The summed E-state index contributed by atoms with van der Waals surface area (Å²) in [4.78, 5) is 25.0. The van der Waals surface area contributed by atoms with E-state index in [9.17, 15) is 4.79 Å². The smallest absolute Gasteiger partial charge is 0.222 e. The molecule has 1 aromatic rings. The van der Waals surface area contributed by atoms with Gasteiger partial charge in [-0.2, -0.15) is 0 Å². The van der Waals surface area contributed by atoms with Gasteiger partial charge in [0.25, 0.3) is 0 Å². The Bertz CT molecular complexity index is 624. The zero-order valence-electron chi connectivity index (χ0n) is 14.7. The van der Waals surface area contributed by atoms with Gasteiger partial charge in [-0.05, 0) is 37.5 Å². The highest BCUT2D eigenvalue weighted by molar-refractivity contribution is 5.77. The third-order valence-corrected chi connectivity index (χ3v) is 6.02. The second-order valence-corrected chi connectivity index (χ2v) is 7.70. The summed E-state index contributed by atoms with van der Waals surface area (Å²) in [5.41, 5.74) is 6.03. The van der Waals surface area contributed by atoms with Crippen molar-refractivity contribution in [3.8, 4) is 0 Å². The fourth-order valence-electron chi connectivity index (χ4n) is 4.46. The standard InChI is InChI=1S/C18H27N5O2/c19-15-10-16(21-13-20-15)22-7-5-18(6-8-22)4-3-17(24)23(12-18)11-14-2-1-9-25-14/h10,13-14H,1-9,11-12H2,(H2,19,20,21)/t14-/m0/s1. The van der Waals surface area contributed by atoms with E-state index in [1.54, 1.807) is 0 Å². The second kappa shape index (κ2) is 6.78. The van der Waals surface area contributed by atoms with Crippen molar-refractivity contribution in [2.75, 3.05) is 43.4 Å². The van der Waals surface area contributed by atoms with E-state index in [1.807, 2.05) is 6.07 Å². The molecule has 25 heavy (non-hydrogen) atoms. The summed E-state index contributed by atoms with van der Waals surface area (Å²) in [6.07, 6.45) is 7.83. The highest BCUT2D eigenvalue weighted by Crippen LogP contribution is 2.41. The molecule has 0 bridgehead atoms. The van der Waals surface area contributed by atoms with Gasteiger partial charge >= 0.3 is 0 Å². The second-order valence-electron chi connectivity index (χ2n) is 7.70. The quantitative estimate of drug-likeness (QED) is 0.892. The summed E-state index contributed by atoms with van der Waals surface area (Å²) in [7, 11) is 0. The first-order valence-corrected chi connectivity index (χ1v) is 9.35. The average Bonchev–Trinajstić information content (AvgIpc) is 3.12. The molecule has 3 aliphatic rings. The lowest BCUT2D eigenvalue weighted by atomic mass is 9.72. The molecule has 0 radical (unpaired) electrons. The number of hydrogen-bond donors (Lipinski definition) is 1. The maximum atomic E-state index is 12.4. The van der Waals surface area contributed by atoms with Crippen LogP contribution < -0.4 is 10.6 Å². The first-order chi connectivity index (χ1) is 12.1. The van der Waals surface area contributed by atoms with Crippen molar-refractivity contribution in [3.05, 3.63) is 12.4 Å². The zero-order chi connectivity index (χ0) is 17.3.